The van der Waals surface area contributed by atoms with Crippen molar-refractivity contribution in [2.75, 3.05) is 13.7 Å². The molecule has 14 heteroatoms. The fourth-order valence-corrected chi connectivity index (χ4v) is 8.40. The average Bonchev–Trinajstić information content (AvgIpc) is 4.13. The molecule has 0 bridgehead atoms. The molecular formula is C41H41N5O8S. The Morgan fingerprint density at radius 2 is 1.69 bits per heavy atom. The molecule has 3 fully saturated rings. The fraction of sp³-hybridized carbons (Fsp3) is 0.293. The minimum Gasteiger partial charge on any atom is -0.497 e. The summed E-state index contributed by atoms with van der Waals surface area (Å²) in [5.41, 5.74) is 0.976. The zero-order chi connectivity index (χ0) is 38.9. The summed E-state index contributed by atoms with van der Waals surface area (Å²) in [5.74, 6) is -2.20. The number of hydrogen-bond acceptors (Lipinski definition) is 9. The van der Waals surface area contributed by atoms with Crippen molar-refractivity contribution < 1.29 is 37.1 Å². The average molecular weight is 764 g/mol. The number of carbonyl (C=O) groups excluding carboxylic acids is 4. The summed E-state index contributed by atoms with van der Waals surface area (Å²) in [6.45, 7) is 7.24. The second-order valence-corrected chi connectivity index (χ2v) is 15.9. The molecule has 13 nitrogen and oxygen atoms in total. The van der Waals surface area contributed by atoms with Gasteiger partial charge in [0.1, 0.15) is 35.2 Å². The van der Waals surface area contributed by atoms with Crippen LogP contribution < -0.4 is 24.8 Å². The van der Waals surface area contributed by atoms with Crippen LogP contribution in [0.4, 0.5) is 0 Å². The van der Waals surface area contributed by atoms with Gasteiger partial charge in [-0.2, -0.15) is 0 Å². The molecule has 3 aliphatic rings. The first kappa shape index (κ1) is 37.3. The third kappa shape index (κ3) is 7.67. The van der Waals surface area contributed by atoms with Crippen molar-refractivity contribution in [2.24, 2.45) is 5.92 Å². The van der Waals surface area contributed by atoms with Gasteiger partial charge in [-0.15, -0.1) is 6.58 Å². The van der Waals surface area contributed by atoms with Crippen LogP contribution in [0.1, 0.15) is 37.3 Å². The zero-order valence-electron chi connectivity index (χ0n) is 30.1. The summed E-state index contributed by atoms with van der Waals surface area (Å²) in [6.07, 6.45) is 2.85. The number of likely N-dealkylation sites (tertiary alicyclic amines) is 1. The van der Waals surface area contributed by atoms with E-state index in [1.54, 1.807) is 55.6 Å². The van der Waals surface area contributed by atoms with Gasteiger partial charge in [0.05, 0.1) is 30.1 Å². The topological polar surface area (TPSA) is 173 Å². The largest absolute Gasteiger partial charge is 0.497 e. The van der Waals surface area contributed by atoms with Crippen LogP contribution in [0, 0.1) is 5.92 Å². The van der Waals surface area contributed by atoms with Crippen molar-refractivity contribution in [1.82, 2.24) is 25.2 Å². The van der Waals surface area contributed by atoms with Gasteiger partial charge in [0.2, 0.25) is 21.8 Å². The van der Waals surface area contributed by atoms with Crippen LogP contribution in [0.25, 0.3) is 22.2 Å². The lowest BCUT2D eigenvalue weighted by Gasteiger charge is -2.30. The monoisotopic (exact) mass is 763 g/mol. The summed E-state index contributed by atoms with van der Waals surface area (Å²) in [6, 6.07) is 23.0. The van der Waals surface area contributed by atoms with E-state index in [2.05, 4.69) is 28.5 Å². The van der Waals surface area contributed by atoms with E-state index in [1.165, 1.54) is 11.0 Å². The van der Waals surface area contributed by atoms with Crippen molar-refractivity contribution in [1.29, 1.82) is 0 Å². The molecule has 4 aromatic rings. The molecule has 4 amide bonds. The summed E-state index contributed by atoms with van der Waals surface area (Å²) < 4.78 is 39.8. The molecule has 3 N–H and O–H groups in total. The highest BCUT2D eigenvalue weighted by atomic mass is 32.2. The molecule has 7 rings (SSSR count). The molecule has 2 aliphatic carbocycles. The molecule has 0 radical (unpaired) electrons. The molecule has 5 atom stereocenters. The predicted molar refractivity (Wildman–Crippen MR) is 205 cm³/mol. The van der Waals surface area contributed by atoms with Gasteiger partial charge in [-0.1, -0.05) is 73.3 Å². The van der Waals surface area contributed by atoms with E-state index < -0.39 is 68.5 Å². The number of nitrogens with one attached hydrogen (secondary N) is 3. The number of sulfonamides is 1. The maximum atomic E-state index is 14.6. The SMILES string of the molecule is C=CC(=O)NC(C(=O)N1C[C@H](Oc2cc(-c3ccccc3)nc3cc(OC)ccc23)C[C@H]1C(=O)N[C@]1(C(=O)NS(=O)(=O)C2CC2)C[C@H]1C=C)c1ccccc1. The number of ether oxygens (including phenoxy) is 2. The van der Waals surface area contributed by atoms with Gasteiger partial charge in [0.25, 0.3) is 11.8 Å². The number of aromatic nitrogens is 1. The fourth-order valence-electron chi connectivity index (χ4n) is 7.03. The Morgan fingerprint density at radius 1 is 0.982 bits per heavy atom. The highest BCUT2D eigenvalue weighted by Crippen LogP contribution is 2.46. The molecule has 55 heavy (non-hydrogen) atoms. The maximum absolute atomic E-state index is 14.6. The normalized spacial score (nSPS) is 22.2. The molecule has 3 aromatic carbocycles. The number of benzene rings is 3. The number of methoxy groups -OCH3 is 1. The van der Waals surface area contributed by atoms with Crippen LogP contribution in [0.5, 0.6) is 11.5 Å². The molecule has 2 heterocycles. The molecule has 1 saturated heterocycles. The van der Waals surface area contributed by atoms with Gasteiger partial charge in [-0.25, -0.2) is 13.4 Å². The number of amides is 4. The first-order valence-corrected chi connectivity index (χ1v) is 19.5. The standard InChI is InChI=1S/C41H41N5O8S/c1-4-27-23-41(27,40(50)45-55(51,52)30-17-18-30)44-38(48)34-21-29(24-46(34)39(49)37(43-36(47)5-2)26-14-10-7-11-15-26)54-35-22-32(25-12-8-6-9-13-25)42-33-20-28(53-3)16-19-31(33)35/h4-16,19-20,22,27,29-30,34,37H,1-2,17-18,21,23-24H2,3H3,(H,43,47)(H,44,48)(H,45,50)/t27-,29-,34+,37?,41-/m1/s1. The van der Waals surface area contributed by atoms with E-state index in [-0.39, 0.29) is 19.4 Å². The molecule has 1 aliphatic heterocycles. The Morgan fingerprint density at radius 3 is 2.33 bits per heavy atom. The van der Waals surface area contributed by atoms with E-state index in [0.717, 1.165) is 11.6 Å². The van der Waals surface area contributed by atoms with E-state index in [0.29, 0.717) is 46.5 Å². The summed E-state index contributed by atoms with van der Waals surface area (Å²) in [4.78, 5) is 61.4. The van der Waals surface area contributed by atoms with E-state index in [9.17, 15) is 27.6 Å². The van der Waals surface area contributed by atoms with Crippen LogP contribution in [0.3, 0.4) is 0 Å². The number of pyridine rings is 1. The number of nitrogens with zero attached hydrogens (tertiary/aromatic N) is 2. The third-order valence-corrected chi connectivity index (χ3v) is 12.1. The lowest BCUT2D eigenvalue weighted by Crippen LogP contribution is -2.57. The second-order valence-electron chi connectivity index (χ2n) is 14.0. The summed E-state index contributed by atoms with van der Waals surface area (Å²) in [5, 5.41) is 5.52. The number of rotatable bonds is 14. The minimum absolute atomic E-state index is 0.00591. The zero-order valence-corrected chi connectivity index (χ0v) is 31.0. The van der Waals surface area contributed by atoms with Crippen molar-refractivity contribution in [3.63, 3.8) is 0 Å². The Hall–Kier alpha value is -6.02. The van der Waals surface area contributed by atoms with Crippen molar-refractivity contribution in [3.05, 3.63) is 116 Å². The van der Waals surface area contributed by atoms with Crippen LogP contribution in [0.15, 0.2) is 110 Å². The lowest BCUT2D eigenvalue weighted by molar-refractivity contribution is -0.142. The first-order valence-electron chi connectivity index (χ1n) is 18.0. The van der Waals surface area contributed by atoms with Gasteiger partial charge in [0, 0.05) is 35.4 Å². The third-order valence-electron chi connectivity index (χ3n) is 10.3. The molecule has 1 aromatic heterocycles. The van der Waals surface area contributed by atoms with Crippen LogP contribution >= 0.6 is 0 Å². The number of fused-ring (bicyclic) bond motifs is 1. The molecule has 284 valence electrons. The van der Waals surface area contributed by atoms with Gasteiger partial charge >= 0.3 is 0 Å². The molecule has 0 spiro atoms. The first-order chi connectivity index (χ1) is 26.5. The van der Waals surface area contributed by atoms with Gasteiger partial charge in [-0.05, 0) is 43.0 Å². The van der Waals surface area contributed by atoms with Crippen molar-refractivity contribution in [2.45, 2.75) is 54.7 Å². The minimum atomic E-state index is -3.92. The summed E-state index contributed by atoms with van der Waals surface area (Å²) in [7, 11) is -2.35. The second kappa shape index (κ2) is 15.0. The highest BCUT2D eigenvalue weighted by Gasteiger charge is 2.62. The van der Waals surface area contributed by atoms with Gasteiger partial charge in [-0.3, -0.25) is 23.9 Å². The van der Waals surface area contributed by atoms with Crippen molar-refractivity contribution >= 4 is 44.6 Å². The van der Waals surface area contributed by atoms with Gasteiger partial charge < -0.3 is 25.0 Å². The Labute approximate surface area is 318 Å². The number of carbonyl (C=O) groups is 4. The van der Waals surface area contributed by atoms with Gasteiger partial charge in [0.15, 0.2) is 0 Å². The van der Waals surface area contributed by atoms with E-state index in [1.807, 2.05) is 36.4 Å². The molecule has 2 saturated carbocycles. The summed E-state index contributed by atoms with van der Waals surface area (Å²) >= 11 is 0. The van der Waals surface area contributed by atoms with E-state index >= 15 is 0 Å². The highest BCUT2D eigenvalue weighted by molar-refractivity contribution is 7.91. The van der Waals surface area contributed by atoms with Crippen LogP contribution in [-0.2, 0) is 29.2 Å². The smallest absolute Gasteiger partial charge is 0.259 e. The predicted octanol–water partition coefficient (Wildman–Crippen LogP) is 3.97. The van der Waals surface area contributed by atoms with Crippen molar-refractivity contribution in [3.8, 4) is 22.8 Å². The Bertz CT molecular complexity index is 2280. The molecular weight excluding hydrogens is 723 g/mol. The maximum Gasteiger partial charge on any atom is 0.259 e. The van der Waals surface area contributed by atoms with E-state index in [4.69, 9.17) is 14.5 Å². The quantitative estimate of drug-likeness (QED) is 0.127. The number of hydrogen-bond donors (Lipinski definition) is 3. The lowest BCUT2D eigenvalue weighted by atomic mass is 10.0. The van der Waals surface area contributed by atoms with Crippen LogP contribution in [-0.4, -0.2) is 78.5 Å². The molecule has 1 unspecified atom stereocenters. The Balaban J connectivity index is 1.23. The van der Waals surface area contributed by atoms with Crippen LogP contribution in [0.2, 0.25) is 0 Å². The Kier molecular flexibility index (Phi) is 10.2.